The van der Waals surface area contributed by atoms with Crippen LogP contribution in [0.15, 0.2) is 18.2 Å². The first kappa shape index (κ1) is 16.9. The number of benzene rings is 1. The summed E-state index contributed by atoms with van der Waals surface area (Å²) in [6.07, 6.45) is 4.00. The van der Waals surface area contributed by atoms with Gasteiger partial charge >= 0.3 is 0 Å². The lowest BCUT2D eigenvalue weighted by atomic mass is 10.1. The fraction of sp³-hybridized carbons (Fsp3) is 0.429. The lowest BCUT2D eigenvalue weighted by Crippen LogP contribution is -2.33. The molecule has 0 spiro atoms. The van der Waals surface area contributed by atoms with Crippen LogP contribution in [0.2, 0.25) is 5.02 Å². The van der Waals surface area contributed by atoms with Crippen molar-refractivity contribution < 1.29 is 18.0 Å². The number of hydrogen-bond donors (Lipinski definition) is 2. The molecule has 3 N–H and O–H groups in total. The number of sulfonamides is 1. The maximum absolute atomic E-state index is 12.2. The molecule has 0 aromatic heterocycles. The van der Waals surface area contributed by atoms with Crippen LogP contribution in [0.5, 0.6) is 0 Å². The predicted molar refractivity (Wildman–Crippen MR) is 83.5 cm³/mol. The molecule has 0 radical (unpaired) electrons. The highest BCUT2D eigenvalue weighted by atomic mass is 35.5. The highest BCUT2D eigenvalue weighted by molar-refractivity contribution is 7.89. The Labute approximate surface area is 134 Å². The summed E-state index contributed by atoms with van der Waals surface area (Å²) < 4.78 is 22.0. The van der Waals surface area contributed by atoms with Crippen molar-refractivity contribution in [1.82, 2.24) is 5.32 Å². The van der Waals surface area contributed by atoms with E-state index in [4.69, 9.17) is 16.7 Å². The van der Waals surface area contributed by atoms with E-state index in [0.717, 1.165) is 25.7 Å². The SMILES string of the molecule is NS(=O)(=O)CC(=O)c1ccc(Cl)c(C(=O)NC2CCCC2)c1. The van der Waals surface area contributed by atoms with Gasteiger partial charge in [0, 0.05) is 11.6 Å². The smallest absolute Gasteiger partial charge is 0.253 e. The van der Waals surface area contributed by atoms with E-state index in [-0.39, 0.29) is 28.1 Å². The molecule has 1 aromatic rings. The van der Waals surface area contributed by atoms with Crippen molar-refractivity contribution in [2.24, 2.45) is 5.14 Å². The number of ketones is 1. The molecule has 6 nitrogen and oxygen atoms in total. The van der Waals surface area contributed by atoms with Gasteiger partial charge in [0.25, 0.3) is 5.91 Å². The summed E-state index contributed by atoms with van der Waals surface area (Å²) >= 11 is 6.00. The van der Waals surface area contributed by atoms with E-state index in [2.05, 4.69) is 5.32 Å². The number of carbonyl (C=O) groups is 2. The Morgan fingerprint density at radius 3 is 2.50 bits per heavy atom. The van der Waals surface area contributed by atoms with Crippen molar-refractivity contribution in [2.45, 2.75) is 31.7 Å². The summed E-state index contributed by atoms with van der Waals surface area (Å²) in [6, 6.07) is 4.21. The molecule has 0 unspecified atom stereocenters. The fourth-order valence-electron chi connectivity index (χ4n) is 2.47. The molecule has 0 aliphatic heterocycles. The number of carbonyl (C=O) groups excluding carboxylic acids is 2. The van der Waals surface area contributed by atoms with Crippen molar-refractivity contribution in [3.05, 3.63) is 34.3 Å². The molecule has 2 rings (SSSR count). The van der Waals surface area contributed by atoms with Gasteiger partial charge in [-0.2, -0.15) is 0 Å². The van der Waals surface area contributed by atoms with Gasteiger partial charge in [0.1, 0.15) is 5.75 Å². The molecule has 1 aromatic carbocycles. The Morgan fingerprint density at radius 1 is 1.27 bits per heavy atom. The van der Waals surface area contributed by atoms with Crippen LogP contribution in [0.25, 0.3) is 0 Å². The summed E-state index contributed by atoms with van der Waals surface area (Å²) in [7, 11) is -3.92. The van der Waals surface area contributed by atoms with E-state index in [9.17, 15) is 18.0 Å². The molecule has 120 valence electrons. The first-order chi connectivity index (χ1) is 10.3. The summed E-state index contributed by atoms with van der Waals surface area (Å²) in [5.74, 6) is -1.84. The van der Waals surface area contributed by atoms with Gasteiger partial charge in [-0.15, -0.1) is 0 Å². The maximum atomic E-state index is 12.2. The zero-order chi connectivity index (χ0) is 16.3. The second-order valence-electron chi connectivity index (χ2n) is 5.38. The molecule has 0 atom stereocenters. The average Bonchev–Trinajstić information content (AvgIpc) is 2.89. The zero-order valence-electron chi connectivity index (χ0n) is 11.8. The fourth-order valence-corrected chi connectivity index (χ4v) is 3.21. The Bertz CT molecular complexity index is 697. The van der Waals surface area contributed by atoms with Crippen molar-refractivity contribution in [1.29, 1.82) is 0 Å². The van der Waals surface area contributed by atoms with E-state index >= 15 is 0 Å². The van der Waals surface area contributed by atoms with Crippen LogP contribution in [0.3, 0.4) is 0 Å². The number of hydrogen-bond acceptors (Lipinski definition) is 4. The molecule has 8 heteroatoms. The molecule has 1 amide bonds. The van der Waals surface area contributed by atoms with Crippen LogP contribution in [0.1, 0.15) is 46.4 Å². The number of primary sulfonamides is 1. The minimum atomic E-state index is -3.92. The van der Waals surface area contributed by atoms with E-state index < -0.39 is 21.6 Å². The van der Waals surface area contributed by atoms with Gasteiger partial charge < -0.3 is 5.32 Å². The molecule has 1 fully saturated rings. The number of nitrogens with one attached hydrogen (secondary N) is 1. The third-order valence-corrected chi connectivity index (χ3v) is 4.55. The lowest BCUT2D eigenvalue weighted by Gasteiger charge is -2.13. The van der Waals surface area contributed by atoms with Crippen molar-refractivity contribution in [2.75, 3.05) is 5.75 Å². The first-order valence-electron chi connectivity index (χ1n) is 6.90. The molecule has 1 saturated carbocycles. The number of nitrogens with two attached hydrogens (primary N) is 1. The summed E-state index contributed by atoms with van der Waals surface area (Å²) in [4.78, 5) is 24.1. The molecular formula is C14H17ClN2O4S. The van der Waals surface area contributed by atoms with Crippen LogP contribution in [0.4, 0.5) is 0 Å². The number of amides is 1. The quantitative estimate of drug-likeness (QED) is 0.789. The van der Waals surface area contributed by atoms with E-state index in [1.165, 1.54) is 18.2 Å². The van der Waals surface area contributed by atoms with Gasteiger partial charge in [-0.25, -0.2) is 13.6 Å². The highest BCUT2D eigenvalue weighted by Crippen LogP contribution is 2.21. The van der Waals surface area contributed by atoms with E-state index in [1.807, 2.05) is 0 Å². The first-order valence-corrected chi connectivity index (χ1v) is 9.00. The molecule has 1 aliphatic carbocycles. The predicted octanol–water partition coefficient (Wildman–Crippen LogP) is 1.48. The van der Waals surface area contributed by atoms with Crippen LogP contribution < -0.4 is 10.5 Å². The Morgan fingerprint density at radius 2 is 1.91 bits per heavy atom. The number of rotatable bonds is 5. The van der Waals surface area contributed by atoms with Crippen molar-refractivity contribution in [3.63, 3.8) is 0 Å². The third-order valence-electron chi connectivity index (χ3n) is 3.56. The topological polar surface area (TPSA) is 106 Å². The average molecular weight is 345 g/mol. The summed E-state index contributed by atoms with van der Waals surface area (Å²) in [6.45, 7) is 0. The second-order valence-corrected chi connectivity index (χ2v) is 7.40. The third kappa shape index (κ3) is 4.53. The Balaban J connectivity index is 2.18. The Kier molecular flexibility index (Phi) is 5.20. The minimum Gasteiger partial charge on any atom is -0.349 e. The highest BCUT2D eigenvalue weighted by Gasteiger charge is 2.21. The van der Waals surface area contributed by atoms with Gasteiger partial charge in [-0.3, -0.25) is 9.59 Å². The molecule has 0 heterocycles. The van der Waals surface area contributed by atoms with Gasteiger partial charge in [0.15, 0.2) is 5.78 Å². The Hall–Kier alpha value is -1.44. The largest absolute Gasteiger partial charge is 0.349 e. The van der Waals surface area contributed by atoms with E-state index in [0.29, 0.717) is 0 Å². The van der Waals surface area contributed by atoms with Gasteiger partial charge in [-0.05, 0) is 31.0 Å². The molecule has 1 aliphatic rings. The number of Topliss-reactive ketones (excluding diaryl/α,β-unsaturated/α-hetero) is 1. The maximum Gasteiger partial charge on any atom is 0.253 e. The summed E-state index contributed by atoms with van der Waals surface area (Å²) in [5, 5.41) is 7.94. The van der Waals surface area contributed by atoms with Crippen LogP contribution in [-0.4, -0.2) is 31.9 Å². The molecule has 0 saturated heterocycles. The molecule has 0 bridgehead atoms. The molecular weight excluding hydrogens is 328 g/mol. The normalized spacial score (nSPS) is 15.7. The van der Waals surface area contributed by atoms with E-state index in [1.54, 1.807) is 0 Å². The minimum absolute atomic E-state index is 0.0926. The van der Waals surface area contributed by atoms with Crippen LogP contribution in [0, 0.1) is 0 Å². The van der Waals surface area contributed by atoms with Gasteiger partial charge in [-0.1, -0.05) is 24.4 Å². The standard InChI is InChI=1S/C14H17ClN2O4S/c15-12-6-5-9(13(18)8-22(16,20)21)7-11(12)14(19)17-10-3-1-2-4-10/h5-7,10H,1-4,8H2,(H,17,19)(H2,16,20,21). The summed E-state index contributed by atoms with van der Waals surface area (Å²) in [5.41, 5.74) is 0.254. The lowest BCUT2D eigenvalue weighted by molar-refractivity contribution is 0.0938. The molecule has 22 heavy (non-hydrogen) atoms. The zero-order valence-corrected chi connectivity index (χ0v) is 13.4. The van der Waals surface area contributed by atoms with Crippen molar-refractivity contribution >= 4 is 33.3 Å². The van der Waals surface area contributed by atoms with Gasteiger partial charge in [0.2, 0.25) is 10.0 Å². The number of halogens is 1. The monoisotopic (exact) mass is 344 g/mol. The second kappa shape index (κ2) is 6.76. The van der Waals surface area contributed by atoms with Crippen LogP contribution in [-0.2, 0) is 10.0 Å². The van der Waals surface area contributed by atoms with Crippen LogP contribution >= 0.6 is 11.6 Å². The van der Waals surface area contributed by atoms with Crippen molar-refractivity contribution in [3.8, 4) is 0 Å². The van der Waals surface area contributed by atoms with Gasteiger partial charge in [0.05, 0.1) is 10.6 Å².